The van der Waals surface area contributed by atoms with E-state index in [2.05, 4.69) is 5.32 Å². The number of ether oxygens (including phenoxy) is 1. The number of aromatic hydroxyl groups is 1. The van der Waals surface area contributed by atoms with Crippen LogP contribution in [0.4, 0.5) is 0 Å². The summed E-state index contributed by atoms with van der Waals surface area (Å²) in [5.41, 5.74) is 4.38. The van der Waals surface area contributed by atoms with Crippen LogP contribution in [-0.4, -0.2) is 28.8 Å². The van der Waals surface area contributed by atoms with E-state index in [0.29, 0.717) is 18.7 Å². The SMILES string of the molecule is CCNC(Cc1cc(C)c(Oc2cc(C)c(O)c(C)c2)c(C)c1)C(=O)O. The van der Waals surface area contributed by atoms with Gasteiger partial charge >= 0.3 is 5.97 Å². The van der Waals surface area contributed by atoms with Crippen molar-refractivity contribution in [2.24, 2.45) is 0 Å². The van der Waals surface area contributed by atoms with Gasteiger partial charge in [-0.2, -0.15) is 0 Å². The molecule has 2 aromatic carbocycles. The van der Waals surface area contributed by atoms with Gasteiger partial charge in [0.15, 0.2) is 0 Å². The fraction of sp³-hybridized carbons (Fsp3) is 0.381. The molecule has 3 N–H and O–H groups in total. The quantitative estimate of drug-likeness (QED) is 0.697. The number of aryl methyl sites for hydroxylation is 4. The van der Waals surface area contributed by atoms with Gasteiger partial charge in [-0.15, -0.1) is 0 Å². The first-order valence-corrected chi connectivity index (χ1v) is 8.77. The average Bonchev–Trinajstić information content (AvgIpc) is 2.55. The van der Waals surface area contributed by atoms with E-state index in [1.54, 1.807) is 12.1 Å². The highest BCUT2D eigenvalue weighted by atomic mass is 16.5. The third-order valence-electron chi connectivity index (χ3n) is 4.39. The van der Waals surface area contributed by atoms with Crippen LogP contribution in [0.15, 0.2) is 24.3 Å². The van der Waals surface area contributed by atoms with Gasteiger partial charge in [0.1, 0.15) is 23.3 Å². The average molecular weight is 357 g/mol. The molecule has 0 aliphatic carbocycles. The van der Waals surface area contributed by atoms with E-state index in [9.17, 15) is 15.0 Å². The van der Waals surface area contributed by atoms with Crippen molar-refractivity contribution in [3.8, 4) is 17.2 Å². The number of phenols is 1. The number of likely N-dealkylation sites (N-methyl/N-ethyl adjacent to an activating group) is 1. The van der Waals surface area contributed by atoms with Gasteiger partial charge < -0.3 is 20.3 Å². The lowest BCUT2D eigenvalue weighted by molar-refractivity contribution is -0.139. The molecule has 26 heavy (non-hydrogen) atoms. The molecule has 0 saturated heterocycles. The van der Waals surface area contributed by atoms with E-state index in [4.69, 9.17) is 4.74 Å². The van der Waals surface area contributed by atoms with Crippen LogP contribution in [-0.2, 0) is 11.2 Å². The maximum atomic E-state index is 11.4. The zero-order valence-electron chi connectivity index (χ0n) is 16.0. The van der Waals surface area contributed by atoms with E-state index >= 15 is 0 Å². The number of rotatable bonds is 7. The van der Waals surface area contributed by atoms with Gasteiger partial charge in [-0.1, -0.05) is 19.1 Å². The molecule has 2 rings (SSSR count). The summed E-state index contributed by atoms with van der Waals surface area (Å²) >= 11 is 0. The van der Waals surface area contributed by atoms with Crippen LogP contribution in [0.2, 0.25) is 0 Å². The van der Waals surface area contributed by atoms with Gasteiger partial charge in [0.2, 0.25) is 0 Å². The Hall–Kier alpha value is -2.53. The fourth-order valence-electron chi connectivity index (χ4n) is 3.14. The van der Waals surface area contributed by atoms with Gasteiger partial charge in [-0.05, 0) is 80.6 Å². The van der Waals surface area contributed by atoms with Crippen molar-refractivity contribution in [1.82, 2.24) is 5.32 Å². The Labute approximate surface area is 154 Å². The predicted octanol–water partition coefficient (Wildman–Crippen LogP) is 4.02. The Bertz CT molecular complexity index is 768. The lowest BCUT2D eigenvalue weighted by Gasteiger charge is -2.17. The standard InChI is InChI=1S/C21H27NO4/c1-6-22-18(21(24)25)11-16-7-14(4)20(15(5)8-16)26-17-9-12(2)19(23)13(3)10-17/h7-10,18,22-23H,6,11H2,1-5H3,(H,24,25). The minimum absolute atomic E-state index is 0.282. The second-order valence-electron chi connectivity index (χ2n) is 6.72. The normalized spacial score (nSPS) is 12.0. The topological polar surface area (TPSA) is 78.8 Å². The maximum Gasteiger partial charge on any atom is 0.321 e. The highest BCUT2D eigenvalue weighted by Gasteiger charge is 2.18. The molecule has 2 aromatic rings. The summed E-state index contributed by atoms with van der Waals surface area (Å²) in [7, 11) is 0. The molecular weight excluding hydrogens is 330 g/mol. The first-order chi connectivity index (χ1) is 12.2. The third-order valence-corrected chi connectivity index (χ3v) is 4.39. The Balaban J connectivity index is 2.28. The minimum Gasteiger partial charge on any atom is -0.507 e. The molecule has 0 aromatic heterocycles. The zero-order chi connectivity index (χ0) is 19.4. The molecule has 0 bridgehead atoms. The molecule has 0 aliphatic rings. The molecule has 0 amide bonds. The first kappa shape index (κ1) is 19.8. The predicted molar refractivity (Wildman–Crippen MR) is 102 cm³/mol. The summed E-state index contributed by atoms with van der Waals surface area (Å²) in [6.07, 6.45) is 0.419. The van der Waals surface area contributed by atoms with Gasteiger partial charge in [-0.25, -0.2) is 0 Å². The summed E-state index contributed by atoms with van der Waals surface area (Å²) in [5, 5.41) is 22.2. The molecule has 0 saturated carbocycles. The van der Waals surface area contributed by atoms with Gasteiger partial charge in [-0.3, -0.25) is 4.79 Å². The Morgan fingerprint density at radius 2 is 1.58 bits per heavy atom. The van der Waals surface area contributed by atoms with Gasteiger partial charge in [0.05, 0.1) is 0 Å². The van der Waals surface area contributed by atoms with E-state index in [1.807, 2.05) is 46.8 Å². The molecule has 0 heterocycles. The lowest BCUT2D eigenvalue weighted by atomic mass is 10.00. The fourth-order valence-corrected chi connectivity index (χ4v) is 3.14. The molecule has 5 nitrogen and oxygen atoms in total. The Morgan fingerprint density at radius 1 is 1.04 bits per heavy atom. The number of phenolic OH excluding ortho intramolecular Hbond substituents is 1. The maximum absolute atomic E-state index is 11.4. The molecule has 5 heteroatoms. The number of aliphatic carboxylic acids is 1. The van der Waals surface area contributed by atoms with Crippen molar-refractivity contribution in [1.29, 1.82) is 0 Å². The van der Waals surface area contributed by atoms with Crippen LogP contribution < -0.4 is 10.1 Å². The summed E-state index contributed by atoms with van der Waals surface area (Å²) < 4.78 is 6.07. The minimum atomic E-state index is -0.850. The van der Waals surface area contributed by atoms with Crippen LogP contribution in [0.25, 0.3) is 0 Å². The molecular formula is C21H27NO4. The smallest absolute Gasteiger partial charge is 0.321 e. The molecule has 0 aliphatic heterocycles. The number of carbonyl (C=O) groups is 1. The number of hydrogen-bond acceptors (Lipinski definition) is 4. The highest BCUT2D eigenvalue weighted by molar-refractivity contribution is 5.74. The van der Waals surface area contributed by atoms with Crippen molar-refractivity contribution < 1.29 is 19.7 Å². The van der Waals surface area contributed by atoms with E-state index < -0.39 is 12.0 Å². The molecule has 140 valence electrons. The lowest BCUT2D eigenvalue weighted by Crippen LogP contribution is -2.38. The van der Waals surface area contributed by atoms with Crippen LogP contribution in [0.5, 0.6) is 17.2 Å². The largest absolute Gasteiger partial charge is 0.507 e. The van der Waals surface area contributed by atoms with Crippen LogP contribution in [0.1, 0.15) is 34.7 Å². The van der Waals surface area contributed by atoms with E-state index in [1.165, 1.54) is 0 Å². The first-order valence-electron chi connectivity index (χ1n) is 8.77. The van der Waals surface area contributed by atoms with E-state index in [-0.39, 0.29) is 5.75 Å². The van der Waals surface area contributed by atoms with E-state index in [0.717, 1.165) is 33.6 Å². The molecule has 1 unspecified atom stereocenters. The van der Waals surface area contributed by atoms with Crippen molar-refractivity contribution in [2.75, 3.05) is 6.54 Å². The summed E-state index contributed by atoms with van der Waals surface area (Å²) in [5.74, 6) is 0.864. The van der Waals surface area contributed by atoms with Crippen LogP contribution in [0, 0.1) is 27.7 Å². The van der Waals surface area contributed by atoms with Crippen molar-refractivity contribution in [2.45, 2.75) is 47.1 Å². The summed E-state index contributed by atoms with van der Waals surface area (Å²) in [6, 6.07) is 6.94. The number of benzene rings is 2. The van der Waals surface area contributed by atoms with Crippen molar-refractivity contribution in [3.63, 3.8) is 0 Å². The van der Waals surface area contributed by atoms with Crippen LogP contribution in [0.3, 0.4) is 0 Å². The summed E-state index contributed by atoms with van der Waals surface area (Å²) in [4.78, 5) is 11.4. The number of carboxylic acid groups (broad SMARTS) is 1. The number of nitrogens with one attached hydrogen (secondary N) is 1. The summed E-state index contributed by atoms with van der Waals surface area (Å²) in [6.45, 7) is 10.1. The zero-order valence-corrected chi connectivity index (χ0v) is 16.0. The second-order valence-corrected chi connectivity index (χ2v) is 6.72. The molecule has 1 atom stereocenters. The van der Waals surface area contributed by atoms with Crippen molar-refractivity contribution >= 4 is 5.97 Å². The number of carboxylic acids is 1. The monoisotopic (exact) mass is 357 g/mol. The van der Waals surface area contributed by atoms with Crippen molar-refractivity contribution in [3.05, 3.63) is 52.1 Å². The Morgan fingerprint density at radius 3 is 2.04 bits per heavy atom. The van der Waals surface area contributed by atoms with Gasteiger partial charge in [0.25, 0.3) is 0 Å². The Kier molecular flexibility index (Phi) is 6.27. The van der Waals surface area contributed by atoms with Crippen LogP contribution >= 0.6 is 0 Å². The molecule has 0 radical (unpaired) electrons. The second kappa shape index (κ2) is 8.23. The molecule has 0 fully saturated rings. The number of hydrogen-bond donors (Lipinski definition) is 3. The highest BCUT2D eigenvalue weighted by Crippen LogP contribution is 2.34. The third kappa shape index (κ3) is 4.55. The molecule has 0 spiro atoms. The van der Waals surface area contributed by atoms with Gasteiger partial charge in [0, 0.05) is 0 Å².